The van der Waals surface area contributed by atoms with Gasteiger partial charge in [0, 0.05) is 22.8 Å². The van der Waals surface area contributed by atoms with Gasteiger partial charge in [-0.1, -0.05) is 30.3 Å². The average molecular weight is 419 g/mol. The summed E-state index contributed by atoms with van der Waals surface area (Å²) in [5.74, 6) is 0.214. The molecule has 1 atom stereocenters. The van der Waals surface area contributed by atoms with E-state index in [9.17, 15) is 9.18 Å². The van der Waals surface area contributed by atoms with E-state index in [1.54, 1.807) is 6.92 Å². The first-order chi connectivity index (χ1) is 13.5. The lowest BCUT2D eigenvalue weighted by molar-refractivity contribution is -0.115. The second-order valence-electron chi connectivity index (χ2n) is 6.22. The fourth-order valence-corrected chi connectivity index (χ4v) is 3.60. The van der Waals surface area contributed by atoms with Crippen molar-refractivity contribution in [1.82, 2.24) is 14.8 Å². The smallest absolute Gasteiger partial charge is 0.237 e. The molecule has 1 amide bonds. The summed E-state index contributed by atoms with van der Waals surface area (Å²) >= 11 is 7.31. The van der Waals surface area contributed by atoms with Crippen molar-refractivity contribution in [2.75, 3.05) is 5.32 Å². The molecule has 0 radical (unpaired) electrons. The van der Waals surface area contributed by atoms with E-state index in [2.05, 4.69) is 22.4 Å². The van der Waals surface area contributed by atoms with E-state index in [0.29, 0.717) is 15.9 Å². The van der Waals surface area contributed by atoms with Gasteiger partial charge < -0.3 is 9.88 Å². The molecule has 2 aromatic carbocycles. The van der Waals surface area contributed by atoms with E-state index in [-0.39, 0.29) is 11.7 Å². The molecule has 3 aromatic rings. The van der Waals surface area contributed by atoms with Crippen LogP contribution in [0.25, 0.3) is 11.4 Å². The normalized spacial score (nSPS) is 12.0. The molecule has 1 heterocycles. The first-order valence-electron chi connectivity index (χ1n) is 8.90. The quantitative estimate of drug-likeness (QED) is 0.531. The van der Waals surface area contributed by atoms with Gasteiger partial charge in [0.2, 0.25) is 5.91 Å². The van der Waals surface area contributed by atoms with E-state index in [4.69, 9.17) is 11.6 Å². The highest BCUT2D eigenvalue weighted by molar-refractivity contribution is 8.00. The van der Waals surface area contributed by atoms with Gasteiger partial charge in [-0.3, -0.25) is 4.79 Å². The van der Waals surface area contributed by atoms with Crippen molar-refractivity contribution in [3.05, 3.63) is 59.4 Å². The molecule has 0 bridgehead atoms. The Balaban J connectivity index is 1.76. The summed E-state index contributed by atoms with van der Waals surface area (Å²) in [6, 6.07) is 13.1. The summed E-state index contributed by atoms with van der Waals surface area (Å²) in [7, 11) is 0. The number of nitrogens with one attached hydrogen (secondary N) is 1. The Morgan fingerprint density at radius 3 is 2.50 bits per heavy atom. The lowest BCUT2D eigenvalue weighted by Crippen LogP contribution is -2.23. The van der Waals surface area contributed by atoms with Gasteiger partial charge in [-0.25, -0.2) is 4.39 Å². The van der Waals surface area contributed by atoms with E-state index < -0.39 is 5.25 Å². The van der Waals surface area contributed by atoms with Gasteiger partial charge in [-0.15, -0.1) is 10.2 Å². The molecular formula is C20H20ClFN4OS. The van der Waals surface area contributed by atoms with Crippen LogP contribution in [-0.2, 0) is 11.3 Å². The molecule has 0 aliphatic heterocycles. The molecule has 0 fully saturated rings. The van der Waals surface area contributed by atoms with E-state index >= 15 is 0 Å². The number of hydrogen-bond acceptors (Lipinski definition) is 4. The minimum atomic E-state index is -0.400. The van der Waals surface area contributed by atoms with Crippen LogP contribution in [0.2, 0.25) is 5.02 Å². The van der Waals surface area contributed by atoms with Crippen LogP contribution in [0, 0.1) is 5.82 Å². The number of carbonyl (C=O) groups is 1. The van der Waals surface area contributed by atoms with Crippen LogP contribution in [0.5, 0.6) is 0 Å². The molecule has 1 aromatic heterocycles. The molecular weight excluding hydrogens is 399 g/mol. The zero-order valence-corrected chi connectivity index (χ0v) is 17.1. The van der Waals surface area contributed by atoms with Gasteiger partial charge in [0.15, 0.2) is 11.0 Å². The number of hydrogen-bond donors (Lipinski definition) is 1. The van der Waals surface area contributed by atoms with Crippen molar-refractivity contribution < 1.29 is 9.18 Å². The van der Waals surface area contributed by atoms with Gasteiger partial charge in [0.05, 0.1) is 5.25 Å². The van der Waals surface area contributed by atoms with Crippen LogP contribution in [0.15, 0.2) is 53.7 Å². The van der Waals surface area contributed by atoms with Crippen molar-refractivity contribution in [2.24, 2.45) is 0 Å². The fourth-order valence-electron chi connectivity index (χ4n) is 2.60. The lowest BCUT2D eigenvalue weighted by atomic mass is 10.2. The van der Waals surface area contributed by atoms with Crippen LogP contribution >= 0.6 is 23.4 Å². The van der Waals surface area contributed by atoms with Crippen LogP contribution < -0.4 is 5.32 Å². The summed E-state index contributed by atoms with van der Waals surface area (Å²) in [6.45, 7) is 4.61. The molecule has 28 heavy (non-hydrogen) atoms. The number of aromatic nitrogens is 3. The molecule has 0 aliphatic carbocycles. The topological polar surface area (TPSA) is 59.8 Å². The van der Waals surface area contributed by atoms with Crippen molar-refractivity contribution in [3.63, 3.8) is 0 Å². The number of benzene rings is 2. The average Bonchev–Trinajstić information content (AvgIpc) is 3.07. The summed E-state index contributed by atoms with van der Waals surface area (Å²) in [5.41, 5.74) is 1.47. The number of thioether (sulfide) groups is 1. The maximum absolute atomic E-state index is 13.0. The molecule has 1 N–H and O–H groups in total. The maximum Gasteiger partial charge on any atom is 0.237 e. The minimum Gasteiger partial charge on any atom is -0.325 e. The molecule has 0 saturated heterocycles. The highest BCUT2D eigenvalue weighted by Gasteiger charge is 2.20. The molecule has 0 saturated carbocycles. The van der Waals surface area contributed by atoms with Crippen molar-refractivity contribution in [2.45, 2.75) is 37.2 Å². The first-order valence-corrected chi connectivity index (χ1v) is 10.2. The zero-order valence-electron chi connectivity index (χ0n) is 15.5. The number of amides is 1. The zero-order chi connectivity index (χ0) is 20.1. The van der Waals surface area contributed by atoms with Crippen molar-refractivity contribution in [3.8, 4) is 11.4 Å². The molecule has 3 rings (SSSR count). The standard InChI is InChI=1S/C20H20ClFN4OS/c1-3-12-26-18(14-4-6-15(21)7-5-14)24-25-20(26)28-13(2)19(27)23-17-10-8-16(22)9-11-17/h4-11,13H,3,12H2,1-2H3,(H,23,27). The van der Waals surface area contributed by atoms with Crippen LogP contribution in [0.3, 0.4) is 0 Å². The Hall–Kier alpha value is -2.38. The Morgan fingerprint density at radius 2 is 1.86 bits per heavy atom. The van der Waals surface area contributed by atoms with Crippen molar-refractivity contribution >= 4 is 35.0 Å². The first kappa shape index (κ1) is 20.4. The molecule has 1 unspecified atom stereocenters. The second-order valence-corrected chi connectivity index (χ2v) is 7.97. The Morgan fingerprint density at radius 1 is 1.18 bits per heavy atom. The van der Waals surface area contributed by atoms with E-state index in [1.165, 1.54) is 36.0 Å². The molecule has 0 spiro atoms. The van der Waals surface area contributed by atoms with Gasteiger partial charge in [-0.05, 0) is 61.9 Å². The molecule has 0 aliphatic rings. The molecule has 146 valence electrons. The lowest BCUT2D eigenvalue weighted by Gasteiger charge is -2.13. The molecule has 8 heteroatoms. The second kappa shape index (κ2) is 9.21. The van der Waals surface area contributed by atoms with Gasteiger partial charge in [-0.2, -0.15) is 0 Å². The summed E-state index contributed by atoms with van der Waals surface area (Å²) in [4.78, 5) is 12.5. The number of nitrogens with zero attached hydrogens (tertiary/aromatic N) is 3. The fraction of sp³-hybridized carbons (Fsp3) is 0.250. The summed E-state index contributed by atoms with van der Waals surface area (Å²) < 4.78 is 15.0. The maximum atomic E-state index is 13.0. The third-order valence-electron chi connectivity index (χ3n) is 4.03. The number of anilines is 1. The van der Waals surface area contributed by atoms with Crippen LogP contribution in [0.4, 0.5) is 10.1 Å². The SMILES string of the molecule is CCCn1c(SC(C)C(=O)Nc2ccc(F)cc2)nnc1-c1ccc(Cl)cc1. The van der Waals surface area contributed by atoms with Gasteiger partial charge in [0.25, 0.3) is 0 Å². The Kier molecular flexibility index (Phi) is 6.70. The Labute approximate surface area is 172 Å². The minimum absolute atomic E-state index is 0.185. The summed E-state index contributed by atoms with van der Waals surface area (Å²) in [5, 5.41) is 12.3. The third kappa shape index (κ3) is 4.91. The van der Waals surface area contributed by atoms with Crippen molar-refractivity contribution in [1.29, 1.82) is 0 Å². The highest BCUT2D eigenvalue weighted by Crippen LogP contribution is 2.28. The number of carbonyl (C=O) groups excluding carboxylic acids is 1. The van der Waals surface area contributed by atoms with E-state index in [1.807, 2.05) is 28.8 Å². The van der Waals surface area contributed by atoms with Gasteiger partial charge in [0.1, 0.15) is 5.82 Å². The predicted octanol–water partition coefficient (Wildman–Crippen LogP) is 5.27. The number of rotatable bonds is 7. The van der Waals surface area contributed by atoms with Crippen LogP contribution in [-0.4, -0.2) is 25.9 Å². The largest absolute Gasteiger partial charge is 0.325 e. The molecule has 5 nitrogen and oxygen atoms in total. The van der Waals surface area contributed by atoms with Crippen LogP contribution in [0.1, 0.15) is 20.3 Å². The van der Waals surface area contributed by atoms with Gasteiger partial charge >= 0.3 is 0 Å². The Bertz CT molecular complexity index is 944. The van der Waals surface area contributed by atoms with E-state index in [0.717, 1.165) is 24.4 Å². The predicted molar refractivity (Wildman–Crippen MR) is 111 cm³/mol. The monoisotopic (exact) mass is 418 g/mol. The highest BCUT2D eigenvalue weighted by atomic mass is 35.5. The number of halogens is 2. The summed E-state index contributed by atoms with van der Waals surface area (Å²) in [6.07, 6.45) is 0.905. The third-order valence-corrected chi connectivity index (χ3v) is 5.36.